The van der Waals surface area contributed by atoms with E-state index in [2.05, 4.69) is 20.8 Å². The number of thioether (sulfide) groups is 1. The van der Waals surface area contributed by atoms with Gasteiger partial charge in [0.15, 0.2) is 0 Å². The number of hydrogen-bond donors (Lipinski definition) is 2. The van der Waals surface area contributed by atoms with Crippen LogP contribution in [-0.2, 0) is 4.79 Å². The van der Waals surface area contributed by atoms with Crippen molar-refractivity contribution >= 4 is 41.0 Å². The minimum absolute atomic E-state index is 0.122. The number of carbonyl (C=O) groups excluding carboxylic acids is 3. The van der Waals surface area contributed by atoms with Crippen molar-refractivity contribution in [1.29, 1.82) is 0 Å². The largest absolute Gasteiger partial charge is 0.408 e. The first kappa shape index (κ1) is 29.1. The van der Waals surface area contributed by atoms with Gasteiger partial charge in [-0.2, -0.15) is 0 Å². The van der Waals surface area contributed by atoms with E-state index in [4.69, 9.17) is 16.0 Å². The molecule has 0 saturated heterocycles. The van der Waals surface area contributed by atoms with Gasteiger partial charge in [-0.1, -0.05) is 56.5 Å². The molecule has 0 radical (unpaired) electrons. The summed E-state index contributed by atoms with van der Waals surface area (Å²) in [5.41, 5.74) is -0.686. The number of aromatic nitrogens is 2. The lowest BCUT2D eigenvalue weighted by atomic mass is 9.80. The maximum Gasteiger partial charge on any atom is 0.286 e. The molecule has 1 aromatic carbocycles. The maximum atomic E-state index is 13.7. The van der Waals surface area contributed by atoms with Gasteiger partial charge in [0.2, 0.25) is 11.7 Å². The molecule has 1 aromatic heterocycles. The van der Waals surface area contributed by atoms with Crippen LogP contribution >= 0.6 is 23.4 Å². The molecule has 1 saturated carbocycles. The van der Waals surface area contributed by atoms with Crippen molar-refractivity contribution < 1.29 is 18.8 Å². The highest BCUT2D eigenvalue weighted by atomic mass is 35.5. The van der Waals surface area contributed by atoms with Crippen LogP contribution in [0.2, 0.25) is 5.02 Å². The Morgan fingerprint density at radius 2 is 1.78 bits per heavy atom. The topological polar surface area (TPSA) is 117 Å². The average Bonchev–Trinajstić information content (AvgIpc) is 3.32. The van der Waals surface area contributed by atoms with Gasteiger partial charge < -0.3 is 20.0 Å². The van der Waals surface area contributed by atoms with Crippen molar-refractivity contribution in [2.75, 3.05) is 26.4 Å². The molecule has 2 amide bonds. The third-order valence-electron chi connectivity index (χ3n) is 6.31. The van der Waals surface area contributed by atoms with Crippen molar-refractivity contribution in [2.24, 2.45) is 5.92 Å². The Bertz CT molecular complexity index is 1070. The number of halogens is 1. The summed E-state index contributed by atoms with van der Waals surface area (Å²) in [6.45, 7) is 4.77. The lowest BCUT2D eigenvalue weighted by molar-refractivity contribution is -0.129. The fourth-order valence-electron chi connectivity index (χ4n) is 4.29. The smallest absolute Gasteiger partial charge is 0.286 e. The van der Waals surface area contributed by atoms with Crippen LogP contribution in [0.5, 0.6) is 0 Å². The molecule has 37 heavy (non-hydrogen) atoms. The first-order valence-electron chi connectivity index (χ1n) is 12.6. The Hall–Kier alpha value is -2.43. The summed E-state index contributed by atoms with van der Waals surface area (Å²) in [5, 5.41) is 14.7. The van der Waals surface area contributed by atoms with Crippen molar-refractivity contribution in [3.8, 4) is 0 Å². The summed E-state index contributed by atoms with van der Waals surface area (Å²) >= 11 is 7.33. The molecule has 1 heterocycles. The van der Waals surface area contributed by atoms with Gasteiger partial charge in [-0.15, -0.1) is 10.2 Å². The minimum Gasteiger partial charge on any atom is -0.408 e. The van der Waals surface area contributed by atoms with E-state index >= 15 is 0 Å². The average molecular weight is 550 g/mol. The minimum atomic E-state index is -1.10. The molecule has 202 valence electrons. The zero-order valence-electron chi connectivity index (χ0n) is 21.9. The van der Waals surface area contributed by atoms with Gasteiger partial charge in [0, 0.05) is 22.9 Å². The Balaban J connectivity index is 1.76. The number of hydrogen-bond acceptors (Lipinski definition) is 8. The predicted octanol–water partition coefficient (Wildman–Crippen LogP) is 4.22. The molecule has 1 fully saturated rings. The predicted molar refractivity (Wildman–Crippen MR) is 144 cm³/mol. The van der Waals surface area contributed by atoms with Crippen LogP contribution in [0.3, 0.4) is 0 Å². The zero-order chi connectivity index (χ0) is 27.0. The highest BCUT2D eigenvalue weighted by Gasteiger charge is 2.43. The van der Waals surface area contributed by atoms with Gasteiger partial charge in [0.25, 0.3) is 17.0 Å². The standard InChI is InChI=1S/C26H36ClN5O4S/c1-17(2)16-20(21(33)23-30-31-25(36-23)37-15-14-32(3)4)28-24(35)26(12-6-5-7-13-26)29-22(34)18-8-10-19(27)11-9-18/h8-11,17,20H,5-7,12-16H2,1-4H3,(H,28,35)(H,29,34). The summed E-state index contributed by atoms with van der Waals surface area (Å²) < 4.78 is 5.61. The van der Waals surface area contributed by atoms with Gasteiger partial charge in [0.1, 0.15) is 5.54 Å². The number of amides is 2. The number of ketones is 1. The number of nitrogens with one attached hydrogen (secondary N) is 2. The molecule has 0 aliphatic heterocycles. The summed E-state index contributed by atoms with van der Waals surface area (Å²) in [5.74, 6) is -0.405. The van der Waals surface area contributed by atoms with Crippen molar-refractivity contribution in [1.82, 2.24) is 25.7 Å². The summed E-state index contributed by atoms with van der Waals surface area (Å²) in [7, 11) is 3.94. The number of benzene rings is 1. The molecule has 9 nitrogen and oxygen atoms in total. The molecule has 0 bridgehead atoms. The van der Waals surface area contributed by atoms with E-state index in [1.165, 1.54) is 11.8 Å². The normalized spacial score (nSPS) is 16.0. The van der Waals surface area contributed by atoms with Crippen LogP contribution in [-0.4, -0.2) is 70.7 Å². The van der Waals surface area contributed by atoms with Crippen LogP contribution in [0.4, 0.5) is 0 Å². The van der Waals surface area contributed by atoms with Crippen LogP contribution in [0.1, 0.15) is 73.4 Å². The highest BCUT2D eigenvalue weighted by Crippen LogP contribution is 2.30. The van der Waals surface area contributed by atoms with E-state index in [-0.39, 0.29) is 23.6 Å². The van der Waals surface area contributed by atoms with Crippen molar-refractivity contribution in [3.05, 3.63) is 40.7 Å². The zero-order valence-corrected chi connectivity index (χ0v) is 23.5. The van der Waals surface area contributed by atoms with Crippen LogP contribution in [0, 0.1) is 5.92 Å². The summed E-state index contributed by atoms with van der Waals surface area (Å²) in [6, 6.07) is 5.68. The highest BCUT2D eigenvalue weighted by molar-refractivity contribution is 7.99. The van der Waals surface area contributed by atoms with Crippen molar-refractivity contribution in [3.63, 3.8) is 0 Å². The van der Waals surface area contributed by atoms with Crippen LogP contribution in [0.25, 0.3) is 0 Å². The second kappa shape index (κ2) is 13.4. The molecule has 2 N–H and O–H groups in total. The molecule has 1 unspecified atom stereocenters. The van der Waals surface area contributed by atoms with E-state index in [9.17, 15) is 14.4 Å². The third kappa shape index (κ3) is 8.28. The lowest BCUT2D eigenvalue weighted by Gasteiger charge is -2.37. The first-order chi connectivity index (χ1) is 17.6. The van der Waals surface area contributed by atoms with E-state index in [0.29, 0.717) is 35.1 Å². The van der Waals surface area contributed by atoms with Crippen molar-refractivity contribution in [2.45, 2.75) is 69.2 Å². The van der Waals surface area contributed by atoms with Crippen LogP contribution in [0.15, 0.2) is 33.9 Å². The van der Waals surface area contributed by atoms with E-state index in [1.807, 2.05) is 32.8 Å². The third-order valence-corrected chi connectivity index (χ3v) is 7.36. The first-order valence-corrected chi connectivity index (χ1v) is 14.0. The Morgan fingerprint density at radius 1 is 1.11 bits per heavy atom. The van der Waals surface area contributed by atoms with E-state index in [1.54, 1.807) is 24.3 Å². The second-order valence-corrected chi connectivity index (χ2v) is 11.6. The molecular weight excluding hydrogens is 514 g/mol. The molecule has 2 aromatic rings. The fourth-order valence-corrected chi connectivity index (χ4v) is 5.28. The number of rotatable bonds is 12. The van der Waals surface area contributed by atoms with E-state index < -0.39 is 17.4 Å². The number of nitrogens with zero attached hydrogens (tertiary/aromatic N) is 3. The quantitative estimate of drug-likeness (QED) is 0.298. The molecule has 1 aliphatic rings. The molecule has 1 atom stereocenters. The van der Waals surface area contributed by atoms with E-state index in [0.717, 1.165) is 31.6 Å². The number of carbonyl (C=O) groups is 3. The van der Waals surface area contributed by atoms with Gasteiger partial charge in [-0.3, -0.25) is 14.4 Å². The molecule has 1 aliphatic carbocycles. The second-order valence-electron chi connectivity index (χ2n) is 10.1. The van der Waals surface area contributed by atoms with Gasteiger partial charge in [-0.05, 0) is 63.5 Å². The molecular formula is C26H36ClN5O4S. The lowest BCUT2D eigenvalue weighted by Crippen LogP contribution is -2.62. The maximum absolute atomic E-state index is 13.7. The summed E-state index contributed by atoms with van der Waals surface area (Å²) in [4.78, 5) is 42.1. The van der Waals surface area contributed by atoms with Gasteiger partial charge in [0.05, 0.1) is 6.04 Å². The fraction of sp³-hybridized carbons (Fsp3) is 0.577. The monoisotopic (exact) mass is 549 g/mol. The van der Waals surface area contributed by atoms with Crippen LogP contribution < -0.4 is 10.6 Å². The number of Topliss-reactive ketones (excluding diaryl/α,β-unsaturated/α-hetero) is 1. The van der Waals surface area contributed by atoms with Gasteiger partial charge in [-0.25, -0.2) is 0 Å². The molecule has 11 heteroatoms. The Kier molecular flexibility index (Phi) is 10.5. The molecule has 3 rings (SSSR count). The SMILES string of the molecule is CC(C)CC(NC(=O)C1(NC(=O)c2ccc(Cl)cc2)CCCCC1)C(=O)c1nnc(SCCN(C)C)o1. The summed E-state index contributed by atoms with van der Waals surface area (Å²) in [6.07, 6.45) is 3.97. The van der Waals surface area contributed by atoms with Gasteiger partial charge >= 0.3 is 0 Å². The Morgan fingerprint density at radius 3 is 2.41 bits per heavy atom. The Labute approximate surface area is 227 Å². The molecule has 0 spiro atoms.